The van der Waals surface area contributed by atoms with Crippen molar-refractivity contribution in [3.05, 3.63) is 59.5 Å². The molecule has 5 rings (SSSR count). The molecule has 0 saturated heterocycles. The highest BCUT2D eigenvalue weighted by Crippen LogP contribution is 2.40. The fraction of sp³-hybridized carbons (Fsp3) is 0.190. The number of carbonyl (C=O) groups is 1. The molecule has 1 amide bonds. The number of amides is 1. The van der Waals surface area contributed by atoms with Gasteiger partial charge in [-0.2, -0.15) is 14.3 Å². The van der Waals surface area contributed by atoms with Crippen LogP contribution >= 0.6 is 0 Å². The molecule has 0 spiro atoms. The standard InChI is InChI=1S/C21H17N7O2/c1-3-10-30-15-6-4-14(5-7-15)16-11-19(29)23-21-20(16)13(2)25-28(21)18-9-8-17-24-22-12-27(17)26-18/h1,4-9,12,16H,10-11H2,2H3,(H,23,29). The zero-order valence-corrected chi connectivity index (χ0v) is 16.1. The number of rotatable bonds is 4. The summed E-state index contributed by atoms with van der Waals surface area (Å²) < 4.78 is 8.67. The van der Waals surface area contributed by atoms with Gasteiger partial charge in [0.25, 0.3) is 0 Å². The Morgan fingerprint density at radius 1 is 1.23 bits per heavy atom. The topological polar surface area (TPSA) is 99.2 Å². The number of carbonyl (C=O) groups excluding carboxylic acids is 1. The number of ether oxygens (including phenoxy) is 1. The van der Waals surface area contributed by atoms with Crippen molar-refractivity contribution in [1.82, 2.24) is 29.6 Å². The Kier molecular flexibility index (Phi) is 4.17. The second-order valence-corrected chi connectivity index (χ2v) is 6.95. The van der Waals surface area contributed by atoms with E-state index in [1.807, 2.05) is 31.2 Å². The van der Waals surface area contributed by atoms with Crippen molar-refractivity contribution < 1.29 is 9.53 Å². The molecule has 9 heteroatoms. The van der Waals surface area contributed by atoms with Crippen LogP contribution < -0.4 is 10.1 Å². The summed E-state index contributed by atoms with van der Waals surface area (Å²) in [6.45, 7) is 2.15. The molecule has 1 aliphatic rings. The Hall–Kier alpha value is -4.19. The molecule has 0 saturated carbocycles. The van der Waals surface area contributed by atoms with Crippen molar-refractivity contribution in [2.24, 2.45) is 0 Å². The molecule has 4 aromatic rings. The molecule has 0 radical (unpaired) electrons. The largest absolute Gasteiger partial charge is 0.481 e. The molecule has 30 heavy (non-hydrogen) atoms. The first-order valence-electron chi connectivity index (χ1n) is 9.37. The molecule has 1 aromatic carbocycles. The van der Waals surface area contributed by atoms with Crippen LogP contribution in [-0.2, 0) is 4.79 Å². The Morgan fingerprint density at radius 2 is 2.07 bits per heavy atom. The molecule has 1 atom stereocenters. The summed E-state index contributed by atoms with van der Waals surface area (Å²) in [4.78, 5) is 12.5. The lowest BCUT2D eigenvalue weighted by Crippen LogP contribution is -2.25. The van der Waals surface area contributed by atoms with Gasteiger partial charge in [-0.25, -0.2) is 0 Å². The predicted molar refractivity (Wildman–Crippen MR) is 109 cm³/mol. The van der Waals surface area contributed by atoms with Crippen molar-refractivity contribution in [1.29, 1.82) is 0 Å². The number of terminal acetylenes is 1. The fourth-order valence-corrected chi connectivity index (χ4v) is 3.75. The minimum atomic E-state index is -0.122. The maximum atomic E-state index is 12.5. The third-order valence-corrected chi connectivity index (χ3v) is 5.07. The number of benzene rings is 1. The molecular formula is C21H17N7O2. The van der Waals surface area contributed by atoms with E-state index < -0.39 is 0 Å². The van der Waals surface area contributed by atoms with E-state index in [1.54, 1.807) is 21.3 Å². The van der Waals surface area contributed by atoms with Gasteiger partial charge in [-0.15, -0.1) is 21.7 Å². The van der Waals surface area contributed by atoms with Crippen LogP contribution in [0.1, 0.15) is 29.2 Å². The molecule has 1 N–H and O–H groups in total. The van der Waals surface area contributed by atoms with Crippen LogP contribution in [0.2, 0.25) is 0 Å². The van der Waals surface area contributed by atoms with Gasteiger partial charge in [0, 0.05) is 17.9 Å². The van der Waals surface area contributed by atoms with Crippen LogP contribution in [0.3, 0.4) is 0 Å². The quantitative estimate of drug-likeness (QED) is 0.528. The molecule has 0 bridgehead atoms. The number of nitrogens with zero attached hydrogens (tertiary/aromatic N) is 6. The summed E-state index contributed by atoms with van der Waals surface area (Å²) in [5.74, 6) is 4.12. The average molecular weight is 399 g/mol. The van der Waals surface area contributed by atoms with Crippen LogP contribution in [0.5, 0.6) is 5.75 Å². The van der Waals surface area contributed by atoms with E-state index in [2.05, 4.69) is 31.6 Å². The van der Waals surface area contributed by atoms with Crippen molar-refractivity contribution in [3.8, 4) is 23.9 Å². The van der Waals surface area contributed by atoms with Gasteiger partial charge in [-0.05, 0) is 36.8 Å². The molecule has 1 unspecified atom stereocenters. The van der Waals surface area contributed by atoms with Crippen molar-refractivity contribution >= 4 is 17.4 Å². The molecule has 148 valence electrons. The molecule has 0 fully saturated rings. The number of hydrogen-bond donors (Lipinski definition) is 1. The molecular weight excluding hydrogens is 382 g/mol. The van der Waals surface area contributed by atoms with Crippen molar-refractivity contribution in [2.45, 2.75) is 19.3 Å². The van der Waals surface area contributed by atoms with Gasteiger partial charge in [-0.1, -0.05) is 18.1 Å². The summed E-state index contributed by atoms with van der Waals surface area (Å²) in [5.41, 5.74) is 3.43. The Balaban J connectivity index is 1.57. The van der Waals surface area contributed by atoms with E-state index >= 15 is 0 Å². The first-order chi connectivity index (χ1) is 14.6. The lowest BCUT2D eigenvalue weighted by atomic mass is 9.86. The Bertz CT molecular complexity index is 1300. The first-order valence-corrected chi connectivity index (χ1v) is 9.37. The van der Waals surface area contributed by atoms with E-state index in [-0.39, 0.29) is 18.4 Å². The van der Waals surface area contributed by atoms with Gasteiger partial charge in [0.15, 0.2) is 11.5 Å². The second-order valence-electron chi connectivity index (χ2n) is 6.95. The van der Waals surface area contributed by atoms with Gasteiger partial charge < -0.3 is 10.1 Å². The normalized spacial score (nSPS) is 15.5. The third-order valence-electron chi connectivity index (χ3n) is 5.07. The number of nitrogens with one attached hydrogen (secondary N) is 1. The van der Waals surface area contributed by atoms with Crippen molar-refractivity contribution in [2.75, 3.05) is 11.9 Å². The van der Waals surface area contributed by atoms with Gasteiger partial charge in [0.2, 0.25) is 5.91 Å². The highest BCUT2D eigenvalue weighted by molar-refractivity contribution is 5.95. The molecule has 9 nitrogen and oxygen atoms in total. The number of hydrogen-bond acceptors (Lipinski definition) is 6. The Morgan fingerprint density at radius 3 is 2.87 bits per heavy atom. The maximum absolute atomic E-state index is 12.5. The highest BCUT2D eigenvalue weighted by Gasteiger charge is 2.33. The summed E-state index contributed by atoms with van der Waals surface area (Å²) in [7, 11) is 0. The molecule has 4 heterocycles. The lowest BCUT2D eigenvalue weighted by Gasteiger charge is -2.24. The van der Waals surface area contributed by atoms with E-state index in [0.29, 0.717) is 29.5 Å². The van der Waals surface area contributed by atoms with Gasteiger partial charge >= 0.3 is 0 Å². The monoisotopic (exact) mass is 399 g/mol. The SMILES string of the molecule is C#CCOc1ccc(C2CC(=O)Nc3c2c(C)nn3-c2ccc3nncn3n2)cc1. The van der Waals surface area contributed by atoms with Crippen LogP contribution in [0.15, 0.2) is 42.7 Å². The van der Waals surface area contributed by atoms with Crippen LogP contribution in [0.4, 0.5) is 5.82 Å². The smallest absolute Gasteiger partial charge is 0.226 e. The fourth-order valence-electron chi connectivity index (χ4n) is 3.75. The van der Waals surface area contributed by atoms with Crippen LogP contribution in [0.25, 0.3) is 11.5 Å². The van der Waals surface area contributed by atoms with E-state index in [0.717, 1.165) is 16.8 Å². The Labute approximate surface area is 171 Å². The number of fused-ring (bicyclic) bond motifs is 2. The van der Waals surface area contributed by atoms with E-state index in [9.17, 15) is 4.79 Å². The lowest BCUT2D eigenvalue weighted by molar-refractivity contribution is -0.116. The number of anilines is 1. The molecule has 0 aliphatic carbocycles. The van der Waals surface area contributed by atoms with Gasteiger partial charge in [0.1, 0.15) is 24.5 Å². The maximum Gasteiger partial charge on any atom is 0.226 e. The zero-order valence-electron chi connectivity index (χ0n) is 16.1. The average Bonchev–Trinajstić information content (AvgIpc) is 3.36. The summed E-state index contributed by atoms with van der Waals surface area (Å²) in [5, 5.41) is 19.9. The minimum Gasteiger partial charge on any atom is -0.481 e. The van der Waals surface area contributed by atoms with Crippen LogP contribution in [-0.4, -0.2) is 42.1 Å². The van der Waals surface area contributed by atoms with Gasteiger partial charge in [0.05, 0.1) is 5.69 Å². The minimum absolute atomic E-state index is 0.0771. The summed E-state index contributed by atoms with van der Waals surface area (Å²) in [6, 6.07) is 11.2. The first kappa shape index (κ1) is 17.9. The predicted octanol–water partition coefficient (Wildman–Crippen LogP) is 2.10. The van der Waals surface area contributed by atoms with Crippen molar-refractivity contribution in [3.63, 3.8) is 0 Å². The van der Waals surface area contributed by atoms with E-state index in [1.165, 1.54) is 6.33 Å². The van der Waals surface area contributed by atoms with Gasteiger partial charge in [-0.3, -0.25) is 4.79 Å². The molecule has 1 aliphatic heterocycles. The third kappa shape index (κ3) is 2.95. The zero-order chi connectivity index (χ0) is 20.7. The number of aryl methyl sites for hydroxylation is 1. The van der Waals surface area contributed by atoms with E-state index in [4.69, 9.17) is 11.2 Å². The number of aromatic nitrogens is 6. The molecule has 3 aromatic heterocycles. The summed E-state index contributed by atoms with van der Waals surface area (Å²) >= 11 is 0. The summed E-state index contributed by atoms with van der Waals surface area (Å²) in [6.07, 6.45) is 7.10. The second kappa shape index (κ2) is 7.00. The van der Waals surface area contributed by atoms with Crippen LogP contribution in [0, 0.1) is 19.3 Å². The highest BCUT2D eigenvalue weighted by atomic mass is 16.5.